The van der Waals surface area contributed by atoms with Crippen molar-refractivity contribution in [1.82, 2.24) is 10.6 Å². The second-order valence-corrected chi connectivity index (χ2v) is 12.1. The molecular weight excluding hydrogens is 596 g/mol. The Labute approximate surface area is 270 Å². The van der Waals surface area contributed by atoms with E-state index in [1.807, 2.05) is 63.3 Å². The lowest BCUT2D eigenvalue weighted by Gasteiger charge is -2.26. The van der Waals surface area contributed by atoms with Crippen LogP contribution in [0.25, 0.3) is 6.08 Å². The molecule has 0 aromatic heterocycles. The normalized spacial score (nSPS) is 23.5. The largest absolute Gasteiger partial charge is 0.495 e. The van der Waals surface area contributed by atoms with Crippen LogP contribution < -0.4 is 15.4 Å². The molecule has 1 aliphatic heterocycles. The standard InChI is InChI=1S/C35H43ClN2O7/c1-22(2)18-31-35(42)45-29(23(3)14-15-25-10-7-6-8-11-25)12-9-13-32(39)38-28(34(41)37-24(4)19-33(40)44-31)21-26-16-17-30(43-5)27(36)20-26/h6-11,13-17,20,22-24,28-29,31H,12,18-19,21H2,1-5H3,(H,37,41)(H,38,39)/b13-9+,15-14+. The van der Waals surface area contributed by atoms with Gasteiger partial charge in [0, 0.05) is 24.8 Å². The van der Waals surface area contributed by atoms with E-state index in [0.717, 1.165) is 5.56 Å². The third-order valence-corrected chi connectivity index (χ3v) is 7.55. The first-order valence-corrected chi connectivity index (χ1v) is 15.6. The maximum Gasteiger partial charge on any atom is 0.347 e. The summed E-state index contributed by atoms with van der Waals surface area (Å²) in [6.45, 7) is 7.40. The number of halogens is 1. The summed E-state index contributed by atoms with van der Waals surface area (Å²) in [6.07, 6.45) is 5.50. The molecule has 2 amide bonds. The molecule has 0 saturated carbocycles. The van der Waals surface area contributed by atoms with Gasteiger partial charge in [-0.05, 0) is 48.6 Å². The molecule has 2 N–H and O–H groups in total. The molecule has 242 valence electrons. The van der Waals surface area contributed by atoms with E-state index in [9.17, 15) is 19.2 Å². The van der Waals surface area contributed by atoms with E-state index < -0.39 is 48.0 Å². The zero-order valence-corrected chi connectivity index (χ0v) is 27.2. The van der Waals surface area contributed by atoms with E-state index in [0.29, 0.717) is 16.3 Å². The second kappa shape index (κ2) is 17.4. The van der Waals surface area contributed by atoms with E-state index in [1.54, 1.807) is 31.2 Å². The number of rotatable bonds is 8. The number of benzene rings is 2. The van der Waals surface area contributed by atoms with Gasteiger partial charge in [-0.25, -0.2) is 4.79 Å². The maximum atomic E-state index is 13.3. The highest BCUT2D eigenvalue weighted by Crippen LogP contribution is 2.26. The Balaban J connectivity index is 1.89. The molecule has 3 rings (SSSR count). The smallest absolute Gasteiger partial charge is 0.347 e. The minimum Gasteiger partial charge on any atom is -0.495 e. The van der Waals surface area contributed by atoms with Gasteiger partial charge in [-0.15, -0.1) is 0 Å². The van der Waals surface area contributed by atoms with Gasteiger partial charge in [0.25, 0.3) is 0 Å². The van der Waals surface area contributed by atoms with Gasteiger partial charge in [0.15, 0.2) is 6.10 Å². The molecule has 0 saturated heterocycles. The first-order valence-electron chi connectivity index (χ1n) is 15.2. The van der Waals surface area contributed by atoms with Gasteiger partial charge < -0.3 is 24.8 Å². The first kappa shape index (κ1) is 35.4. The summed E-state index contributed by atoms with van der Waals surface area (Å²) in [5.74, 6) is -1.98. The number of nitrogens with one attached hydrogen (secondary N) is 2. The monoisotopic (exact) mass is 638 g/mol. The SMILES string of the molecule is COc1ccc(CC2NC(=O)/C=C/CC(C(C)/C=C/c3ccccc3)OC(=O)C(CC(C)C)OC(=O)CC(C)NC2=O)cc1Cl. The highest BCUT2D eigenvalue weighted by molar-refractivity contribution is 6.32. The predicted octanol–water partition coefficient (Wildman–Crippen LogP) is 5.45. The van der Waals surface area contributed by atoms with Crippen molar-refractivity contribution < 1.29 is 33.4 Å². The molecule has 0 fully saturated rings. The number of esters is 2. The van der Waals surface area contributed by atoms with E-state index >= 15 is 0 Å². The number of carbonyl (C=O) groups excluding carboxylic acids is 4. The molecule has 10 heteroatoms. The molecule has 9 nitrogen and oxygen atoms in total. The zero-order chi connectivity index (χ0) is 32.9. The van der Waals surface area contributed by atoms with Crippen LogP contribution in [0.3, 0.4) is 0 Å². The summed E-state index contributed by atoms with van der Waals surface area (Å²) in [7, 11) is 1.51. The van der Waals surface area contributed by atoms with Gasteiger partial charge in [-0.2, -0.15) is 0 Å². The van der Waals surface area contributed by atoms with Crippen LogP contribution in [0.2, 0.25) is 5.02 Å². The summed E-state index contributed by atoms with van der Waals surface area (Å²) in [4.78, 5) is 52.6. The van der Waals surface area contributed by atoms with Crippen LogP contribution in [0, 0.1) is 11.8 Å². The van der Waals surface area contributed by atoms with Crippen LogP contribution in [-0.4, -0.2) is 55.2 Å². The van der Waals surface area contributed by atoms with Gasteiger partial charge in [-0.3, -0.25) is 14.4 Å². The Kier molecular flexibility index (Phi) is 13.7. The second-order valence-electron chi connectivity index (χ2n) is 11.7. The molecule has 0 spiro atoms. The van der Waals surface area contributed by atoms with Crippen LogP contribution in [0.5, 0.6) is 5.75 Å². The van der Waals surface area contributed by atoms with E-state index in [4.69, 9.17) is 25.8 Å². The predicted molar refractivity (Wildman–Crippen MR) is 173 cm³/mol. The third kappa shape index (κ3) is 11.7. The minimum absolute atomic E-state index is 0.0442. The summed E-state index contributed by atoms with van der Waals surface area (Å²) >= 11 is 6.29. The summed E-state index contributed by atoms with van der Waals surface area (Å²) in [5, 5.41) is 5.90. The highest BCUT2D eigenvalue weighted by Gasteiger charge is 2.31. The van der Waals surface area contributed by atoms with Crippen LogP contribution >= 0.6 is 11.6 Å². The topological polar surface area (TPSA) is 120 Å². The molecule has 0 bridgehead atoms. The van der Waals surface area contributed by atoms with Crippen molar-refractivity contribution in [3.05, 3.63) is 82.9 Å². The van der Waals surface area contributed by atoms with Gasteiger partial charge in [0.1, 0.15) is 17.9 Å². The zero-order valence-electron chi connectivity index (χ0n) is 26.5. The molecule has 1 heterocycles. The fraction of sp³-hybridized carbons (Fsp3) is 0.429. The number of hydrogen-bond acceptors (Lipinski definition) is 7. The molecule has 1 aliphatic rings. The molecular formula is C35H43ClN2O7. The molecule has 5 unspecified atom stereocenters. The van der Waals surface area contributed by atoms with Crippen LogP contribution in [0.15, 0.2) is 66.8 Å². The van der Waals surface area contributed by atoms with Crippen molar-refractivity contribution in [3.63, 3.8) is 0 Å². The maximum absolute atomic E-state index is 13.3. The Morgan fingerprint density at radius 2 is 1.76 bits per heavy atom. The Hall–Kier alpha value is -4.11. The van der Waals surface area contributed by atoms with Gasteiger partial charge in [-0.1, -0.05) is 87.0 Å². The number of cyclic esters (lactones) is 2. The Morgan fingerprint density at radius 3 is 2.42 bits per heavy atom. The van der Waals surface area contributed by atoms with Gasteiger partial charge in [0.05, 0.1) is 18.6 Å². The molecule has 2 aromatic rings. The number of ether oxygens (including phenoxy) is 3. The number of methoxy groups -OCH3 is 1. The number of hydrogen-bond donors (Lipinski definition) is 2. The minimum atomic E-state index is -1.11. The van der Waals surface area contributed by atoms with Crippen molar-refractivity contribution in [2.75, 3.05) is 7.11 Å². The van der Waals surface area contributed by atoms with Crippen molar-refractivity contribution in [2.24, 2.45) is 11.8 Å². The molecule has 2 aromatic carbocycles. The van der Waals surface area contributed by atoms with Crippen LogP contribution in [0.1, 0.15) is 58.1 Å². The third-order valence-electron chi connectivity index (χ3n) is 7.26. The van der Waals surface area contributed by atoms with Crippen molar-refractivity contribution in [3.8, 4) is 5.75 Å². The van der Waals surface area contributed by atoms with Crippen molar-refractivity contribution >= 4 is 41.4 Å². The van der Waals surface area contributed by atoms with Gasteiger partial charge >= 0.3 is 11.9 Å². The molecule has 0 radical (unpaired) electrons. The highest BCUT2D eigenvalue weighted by atomic mass is 35.5. The average Bonchev–Trinajstić information content (AvgIpc) is 2.98. The van der Waals surface area contributed by atoms with Crippen molar-refractivity contribution in [1.29, 1.82) is 0 Å². The van der Waals surface area contributed by atoms with Crippen LogP contribution in [0.4, 0.5) is 0 Å². The summed E-state index contributed by atoms with van der Waals surface area (Å²) in [6, 6.07) is 13.2. The number of amides is 2. The van der Waals surface area contributed by atoms with E-state index in [1.165, 1.54) is 13.2 Å². The molecule has 5 atom stereocenters. The van der Waals surface area contributed by atoms with Crippen LogP contribution in [-0.2, 0) is 35.1 Å². The lowest BCUT2D eigenvalue weighted by molar-refractivity contribution is -0.174. The first-order chi connectivity index (χ1) is 21.4. The lowest BCUT2D eigenvalue weighted by Crippen LogP contribution is -2.50. The van der Waals surface area contributed by atoms with Crippen molar-refractivity contribution in [2.45, 2.75) is 77.7 Å². The Morgan fingerprint density at radius 1 is 1.02 bits per heavy atom. The fourth-order valence-corrected chi connectivity index (χ4v) is 5.11. The van der Waals surface area contributed by atoms with Gasteiger partial charge in [0.2, 0.25) is 11.8 Å². The summed E-state index contributed by atoms with van der Waals surface area (Å²) in [5.41, 5.74) is 1.69. The molecule has 45 heavy (non-hydrogen) atoms. The number of carbonyl (C=O) groups is 4. The van der Waals surface area contributed by atoms with E-state index in [-0.39, 0.29) is 37.5 Å². The lowest BCUT2D eigenvalue weighted by atomic mass is 9.99. The fourth-order valence-electron chi connectivity index (χ4n) is 4.83. The Bertz CT molecular complexity index is 1380. The van der Waals surface area contributed by atoms with E-state index in [2.05, 4.69) is 10.6 Å². The average molecular weight is 639 g/mol. The quantitative estimate of drug-likeness (QED) is 0.369. The molecule has 0 aliphatic carbocycles. The summed E-state index contributed by atoms with van der Waals surface area (Å²) < 4.78 is 16.8.